The zero-order valence-corrected chi connectivity index (χ0v) is 14.2. The third kappa shape index (κ3) is 4.47. The van der Waals surface area contributed by atoms with E-state index in [4.69, 9.17) is 4.74 Å². The van der Waals surface area contributed by atoms with E-state index in [-0.39, 0.29) is 5.91 Å². The van der Waals surface area contributed by atoms with Gasteiger partial charge in [0.1, 0.15) is 5.75 Å². The van der Waals surface area contributed by atoms with E-state index in [2.05, 4.69) is 22.5 Å². The van der Waals surface area contributed by atoms with E-state index in [1.54, 1.807) is 13.3 Å². The molecule has 5 nitrogen and oxygen atoms in total. The molecule has 1 amide bonds. The number of hydrogen-bond donors (Lipinski definition) is 1. The second kappa shape index (κ2) is 8.15. The number of amides is 1. The molecule has 1 N–H and O–H groups in total. The van der Waals surface area contributed by atoms with Crippen LogP contribution in [-0.4, -0.2) is 29.3 Å². The molecule has 0 saturated carbocycles. The van der Waals surface area contributed by atoms with Crippen molar-refractivity contribution in [2.24, 2.45) is 0 Å². The molecule has 0 saturated heterocycles. The molecule has 0 aliphatic rings. The number of methoxy groups -OCH3 is 1. The number of carbonyl (C=O) groups is 1. The Hall–Kier alpha value is -3.08. The summed E-state index contributed by atoms with van der Waals surface area (Å²) in [7, 11) is 1.61. The van der Waals surface area contributed by atoms with Gasteiger partial charge in [-0.25, -0.2) is 4.68 Å². The van der Waals surface area contributed by atoms with Crippen LogP contribution in [0.25, 0.3) is 5.69 Å². The van der Waals surface area contributed by atoms with Crippen LogP contribution in [0.1, 0.15) is 11.1 Å². The Labute approximate surface area is 147 Å². The summed E-state index contributed by atoms with van der Waals surface area (Å²) in [4.78, 5) is 12.1. The van der Waals surface area contributed by atoms with Crippen LogP contribution in [0.15, 0.2) is 67.0 Å². The van der Waals surface area contributed by atoms with Crippen LogP contribution in [0.4, 0.5) is 0 Å². The quantitative estimate of drug-likeness (QED) is 0.722. The van der Waals surface area contributed by atoms with Crippen LogP contribution in [0.3, 0.4) is 0 Å². The van der Waals surface area contributed by atoms with Gasteiger partial charge in [0.05, 0.1) is 19.2 Å². The van der Waals surface area contributed by atoms with Crippen LogP contribution in [-0.2, 0) is 17.6 Å². The largest absolute Gasteiger partial charge is 0.496 e. The lowest BCUT2D eigenvalue weighted by Crippen LogP contribution is -2.27. The maximum atomic E-state index is 12.1. The number of carbonyl (C=O) groups excluding carboxylic acids is 1. The molecule has 0 aliphatic carbocycles. The van der Waals surface area contributed by atoms with E-state index < -0.39 is 0 Å². The number of benzene rings is 2. The molecule has 5 heteroatoms. The van der Waals surface area contributed by atoms with Crippen LogP contribution < -0.4 is 10.1 Å². The zero-order chi connectivity index (χ0) is 17.5. The van der Waals surface area contributed by atoms with E-state index in [0.29, 0.717) is 13.0 Å². The van der Waals surface area contributed by atoms with Gasteiger partial charge < -0.3 is 10.1 Å². The monoisotopic (exact) mass is 335 g/mol. The van der Waals surface area contributed by atoms with Gasteiger partial charge in [0.25, 0.3) is 0 Å². The normalized spacial score (nSPS) is 10.4. The number of nitrogens with one attached hydrogen (secondary N) is 1. The molecule has 25 heavy (non-hydrogen) atoms. The Morgan fingerprint density at radius 3 is 2.64 bits per heavy atom. The Kier molecular flexibility index (Phi) is 5.46. The second-order valence-corrected chi connectivity index (χ2v) is 5.71. The van der Waals surface area contributed by atoms with E-state index >= 15 is 0 Å². The summed E-state index contributed by atoms with van der Waals surface area (Å²) in [6.07, 6.45) is 4.78. The first-order chi connectivity index (χ1) is 12.3. The smallest absolute Gasteiger partial charge is 0.224 e. The number of rotatable bonds is 7. The minimum absolute atomic E-state index is 0.00217. The van der Waals surface area contributed by atoms with Crippen molar-refractivity contribution in [3.8, 4) is 11.4 Å². The van der Waals surface area contributed by atoms with Crippen molar-refractivity contribution >= 4 is 5.91 Å². The Morgan fingerprint density at radius 1 is 1.12 bits per heavy atom. The highest BCUT2D eigenvalue weighted by molar-refractivity contribution is 5.79. The predicted octanol–water partition coefficient (Wildman–Crippen LogP) is 2.78. The van der Waals surface area contributed by atoms with Gasteiger partial charge in [-0.1, -0.05) is 30.3 Å². The number of para-hydroxylation sites is 1. The second-order valence-electron chi connectivity index (χ2n) is 5.71. The molecule has 0 atom stereocenters. The highest BCUT2D eigenvalue weighted by Gasteiger charge is 2.07. The Morgan fingerprint density at radius 2 is 1.92 bits per heavy atom. The molecular weight excluding hydrogens is 314 g/mol. The molecule has 3 aromatic rings. The van der Waals surface area contributed by atoms with Gasteiger partial charge in [-0.3, -0.25) is 4.79 Å². The number of nitrogens with zero attached hydrogens (tertiary/aromatic N) is 2. The summed E-state index contributed by atoms with van der Waals surface area (Å²) in [6.45, 7) is 0.606. The first-order valence-corrected chi connectivity index (χ1v) is 8.24. The van der Waals surface area contributed by atoms with Gasteiger partial charge in [0.2, 0.25) is 5.91 Å². The van der Waals surface area contributed by atoms with Gasteiger partial charge in [0, 0.05) is 24.5 Å². The lowest BCUT2D eigenvalue weighted by molar-refractivity contribution is -0.120. The minimum atomic E-state index is -0.00217. The number of aromatic nitrogens is 2. The van der Waals surface area contributed by atoms with Gasteiger partial charge in [-0.2, -0.15) is 5.10 Å². The fourth-order valence-electron chi connectivity index (χ4n) is 2.67. The summed E-state index contributed by atoms with van der Waals surface area (Å²) in [5, 5.41) is 7.17. The molecule has 0 unspecified atom stereocenters. The molecule has 0 fully saturated rings. The minimum Gasteiger partial charge on any atom is -0.496 e. The third-order valence-electron chi connectivity index (χ3n) is 3.98. The molecule has 0 bridgehead atoms. The molecule has 0 spiro atoms. The fourth-order valence-corrected chi connectivity index (χ4v) is 2.67. The SMILES string of the molecule is COc1ccccc1CC(=O)NCCc1ccc(-n2cccn2)cc1. The number of hydrogen-bond acceptors (Lipinski definition) is 3. The van der Waals surface area contributed by atoms with Crippen molar-refractivity contribution in [2.45, 2.75) is 12.8 Å². The van der Waals surface area contributed by atoms with Crippen molar-refractivity contribution in [1.82, 2.24) is 15.1 Å². The summed E-state index contributed by atoms with van der Waals surface area (Å²) in [6, 6.07) is 17.6. The van der Waals surface area contributed by atoms with Gasteiger partial charge in [-0.05, 0) is 36.2 Å². The van der Waals surface area contributed by atoms with Crippen LogP contribution in [0, 0.1) is 0 Å². The Bertz CT molecular complexity index is 811. The first-order valence-electron chi connectivity index (χ1n) is 8.24. The van der Waals surface area contributed by atoms with E-state index in [1.807, 2.05) is 53.3 Å². The van der Waals surface area contributed by atoms with Gasteiger partial charge in [-0.15, -0.1) is 0 Å². The predicted molar refractivity (Wildman–Crippen MR) is 97.0 cm³/mol. The summed E-state index contributed by atoms with van der Waals surface area (Å²) in [5.41, 5.74) is 3.09. The molecule has 0 radical (unpaired) electrons. The van der Waals surface area contributed by atoms with E-state index in [1.165, 1.54) is 5.56 Å². The zero-order valence-electron chi connectivity index (χ0n) is 14.2. The average molecular weight is 335 g/mol. The molecule has 128 valence electrons. The van der Waals surface area contributed by atoms with E-state index in [0.717, 1.165) is 23.4 Å². The van der Waals surface area contributed by atoms with Crippen molar-refractivity contribution in [1.29, 1.82) is 0 Å². The summed E-state index contributed by atoms with van der Waals surface area (Å²) in [5.74, 6) is 0.740. The highest BCUT2D eigenvalue weighted by Crippen LogP contribution is 2.17. The molecule has 1 aromatic heterocycles. The third-order valence-corrected chi connectivity index (χ3v) is 3.98. The number of ether oxygens (including phenoxy) is 1. The topological polar surface area (TPSA) is 56.1 Å². The standard InChI is InChI=1S/C20H21N3O2/c1-25-19-6-3-2-5-17(19)15-20(24)21-13-11-16-7-9-18(10-8-16)23-14-4-12-22-23/h2-10,12,14H,11,13,15H2,1H3,(H,21,24). The lowest BCUT2D eigenvalue weighted by Gasteiger charge is -2.09. The molecule has 1 heterocycles. The summed E-state index contributed by atoms with van der Waals surface area (Å²) >= 11 is 0. The van der Waals surface area contributed by atoms with Crippen molar-refractivity contribution in [2.75, 3.05) is 13.7 Å². The fraction of sp³-hybridized carbons (Fsp3) is 0.200. The maximum Gasteiger partial charge on any atom is 0.224 e. The summed E-state index contributed by atoms with van der Waals surface area (Å²) < 4.78 is 7.09. The van der Waals surface area contributed by atoms with Crippen LogP contribution in [0.2, 0.25) is 0 Å². The average Bonchev–Trinajstić information content (AvgIpc) is 3.17. The molecule has 2 aromatic carbocycles. The lowest BCUT2D eigenvalue weighted by atomic mass is 10.1. The van der Waals surface area contributed by atoms with Crippen molar-refractivity contribution in [3.05, 3.63) is 78.1 Å². The maximum absolute atomic E-state index is 12.1. The molecule has 3 rings (SSSR count). The van der Waals surface area contributed by atoms with E-state index in [9.17, 15) is 4.79 Å². The van der Waals surface area contributed by atoms with Crippen molar-refractivity contribution in [3.63, 3.8) is 0 Å². The van der Waals surface area contributed by atoms with Crippen LogP contribution in [0.5, 0.6) is 5.75 Å². The van der Waals surface area contributed by atoms with Crippen molar-refractivity contribution < 1.29 is 9.53 Å². The first kappa shape index (κ1) is 16.8. The van der Waals surface area contributed by atoms with Gasteiger partial charge in [0.15, 0.2) is 0 Å². The van der Waals surface area contributed by atoms with Crippen LogP contribution >= 0.6 is 0 Å². The molecular formula is C20H21N3O2. The van der Waals surface area contributed by atoms with Gasteiger partial charge >= 0.3 is 0 Å². The molecule has 0 aliphatic heterocycles. The Balaban J connectivity index is 1.48. The highest BCUT2D eigenvalue weighted by atomic mass is 16.5.